The van der Waals surface area contributed by atoms with Gasteiger partial charge in [0.25, 0.3) is 0 Å². The molecule has 0 radical (unpaired) electrons. The molecule has 0 amide bonds. The second kappa shape index (κ2) is 4.85. The minimum Gasteiger partial charge on any atom is -0.346 e. The number of fused-ring (bicyclic) bond motifs is 1. The Bertz CT molecular complexity index is 392. The molecule has 0 saturated carbocycles. The number of aromatic nitrogens is 1. The SMILES string of the molecule is CCC(C)C(C)n1c(C)cc2c1CCCC2N. The number of nitrogens with two attached hydrogens (primary N) is 1. The van der Waals surface area contributed by atoms with Gasteiger partial charge in [-0.25, -0.2) is 0 Å². The van der Waals surface area contributed by atoms with E-state index in [1.165, 1.54) is 36.2 Å². The van der Waals surface area contributed by atoms with Gasteiger partial charge < -0.3 is 10.3 Å². The number of nitrogens with zero attached hydrogens (tertiary/aromatic N) is 1. The van der Waals surface area contributed by atoms with E-state index < -0.39 is 0 Å². The van der Waals surface area contributed by atoms with Gasteiger partial charge in [-0.1, -0.05) is 20.3 Å². The van der Waals surface area contributed by atoms with Crippen LogP contribution >= 0.6 is 0 Å². The fourth-order valence-corrected chi connectivity index (χ4v) is 3.12. The van der Waals surface area contributed by atoms with Gasteiger partial charge in [0.1, 0.15) is 0 Å². The highest BCUT2D eigenvalue weighted by atomic mass is 15.0. The summed E-state index contributed by atoms with van der Waals surface area (Å²) in [7, 11) is 0. The van der Waals surface area contributed by atoms with Gasteiger partial charge in [0, 0.05) is 23.5 Å². The molecule has 2 N–H and O–H groups in total. The van der Waals surface area contributed by atoms with Crippen molar-refractivity contribution in [2.45, 2.75) is 65.5 Å². The molecule has 1 aromatic rings. The van der Waals surface area contributed by atoms with E-state index in [4.69, 9.17) is 5.73 Å². The van der Waals surface area contributed by atoms with E-state index in [0.717, 1.165) is 12.3 Å². The van der Waals surface area contributed by atoms with Crippen LogP contribution < -0.4 is 5.73 Å². The van der Waals surface area contributed by atoms with Crippen molar-refractivity contribution >= 4 is 0 Å². The lowest BCUT2D eigenvalue weighted by Crippen LogP contribution is -2.22. The maximum absolute atomic E-state index is 6.22. The molecule has 96 valence electrons. The predicted octanol–water partition coefficient (Wildman–Crippen LogP) is 3.74. The molecular weight excluding hydrogens is 208 g/mol. The third-order valence-electron chi connectivity index (χ3n) is 4.57. The maximum atomic E-state index is 6.22. The molecule has 3 unspecified atom stereocenters. The molecule has 0 aromatic carbocycles. The summed E-state index contributed by atoms with van der Waals surface area (Å²) < 4.78 is 2.54. The number of hydrogen-bond acceptors (Lipinski definition) is 1. The van der Waals surface area contributed by atoms with Crippen LogP contribution in [0.15, 0.2) is 6.07 Å². The Kier molecular flexibility index (Phi) is 3.62. The lowest BCUT2D eigenvalue weighted by Gasteiger charge is -2.27. The summed E-state index contributed by atoms with van der Waals surface area (Å²) in [6.07, 6.45) is 4.83. The Morgan fingerprint density at radius 3 is 2.82 bits per heavy atom. The van der Waals surface area contributed by atoms with Crippen molar-refractivity contribution < 1.29 is 0 Å². The van der Waals surface area contributed by atoms with Crippen LogP contribution in [0, 0.1) is 12.8 Å². The largest absolute Gasteiger partial charge is 0.346 e. The topological polar surface area (TPSA) is 30.9 Å². The third kappa shape index (κ3) is 2.15. The third-order valence-corrected chi connectivity index (χ3v) is 4.57. The van der Waals surface area contributed by atoms with Gasteiger partial charge in [-0.15, -0.1) is 0 Å². The van der Waals surface area contributed by atoms with Crippen LogP contribution in [-0.4, -0.2) is 4.57 Å². The van der Waals surface area contributed by atoms with Gasteiger partial charge in [0.15, 0.2) is 0 Å². The van der Waals surface area contributed by atoms with Crippen LogP contribution in [0.4, 0.5) is 0 Å². The molecule has 0 saturated heterocycles. The van der Waals surface area contributed by atoms with Crippen molar-refractivity contribution in [2.75, 3.05) is 0 Å². The quantitative estimate of drug-likeness (QED) is 0.848. The zero-order chi connectivity index (χ0) is 12.6. The van der Waals surface area contributed by atoms with E-state index in [-0.39, 0.29) is 6.04 Å². The normalized spacial score (nSPS) is 23.2. The average molecular weight is 234 g/mol. The molecule has 1 aromatic heterocycles. The highest BCUT2D eigenvalue weighted by Crippen LogP contribution is 2.34. The fourth-order valence-electron chi connectivity index (χ4n) is 3.12. The van der Waals surface area contributed by atoms with E-state index in [1.54, 1.807) is 0 Å². The molecule has 2 rings (SSSR count). The Hall–Kier alpha value is -0.760. The first-order valence-electron chi connectivity index (χ1n) is 7.02. The van der Waals surface area contributed by atoms with Crippen LogP contribution in [-0.2, 0) is 6.42 Å². The van der Waals surface area contributed by atoms with Gasteiger partial charge >= 0.3 is 0 Å². The molecule has 17 heavy (non-hydrogen) atoms. The van der Waals surface area contributed by atoms with Gasteiger partial charge in [0.05, 0.1) is 0 Å². The van der Waals surface area contributed by atoms with Crippen LogP contribution in [0.3, 0.4) is 0 Å². The van der Waals surface area contributed by atoms with Gasteiger partial charge in [-0.3, -0.25) is 0 Å². The molecule has 0 fully saturated rings. The van der Waals surface area contributed by atoms with Crippen LogP contribution in [0.2, 0.25) is 0 Å². The lowest BCUT2D eigenvalue weighted by atomic mass is 9.92. The van der Waals surface area contributed by atoms with Crippen LogP contribution in [0.1, 0.15) is 69.1 Å². The highest BCUT2D eigenvalue weighted by Gasteiger charge is 2.25. The predicted molar refractivity (Wildman–Crippen MR) is 73.2 cm³/mol. The Labute approximate surface area is 105 Å². The minimum absolute atomic E-state index is 0.267. The highest BCUT2D eigenvalue weighted by molar-refractivity contribution is 5.33. The number of rotatable bonds is 3. The van der Waals surface area contributed by atoms with Gasteiger partial charge in [-0.2, -0.15) is 0 Å². The minimum atomic E-state index is 0.267. The van der Waals surface area contributed by atoms with Gasteiger partial charge in [-0.05, 0) is 50.7 Å². The van der Waals surface area contributed by atoms with Crippen molar-refractivity contribution in [1.29, 1.82) is 0 Å². The first kappa shape index (κ1) is 12.7. The summed E-state index contributed by atoms with van der Waals surface area (Å²) in [6.45, 7) is 9.20. The standard InChI is InChI=1S/C15H26N2/c1-5-10(2)12(4)17-11(3)9-13-14(16)7-6-8-15(13)17/h9-10,12,14H,5-8,16H2,1-4H3. The van der Waals surface area contributed by atoms with Crippen molar-refractivity contribution in [1.82, 2.24) is 4.57 Å². The maximum Gasteiger partial charge on any atom is 0.0333 e. The zero-order valence-corrected chi connectivity index (χ0v) is 11.7. The van der Waals surface area contributed by atoms with Gasteiger partial charge in [0.2, 0.25) is 0 Å². The molecule has 0 spiro atoms. The van der Waals surface area contributed by atoms with E-state index in [9.17, 15) is 0 Å². The molecule has 2 heteroatoms. The summed E-state index contributed by atoms with van der Waals surface area (Å²) in [5, 5.41) is 0. The van der Waals surface area contributed by atoms with E-state index in [2.05, 4.69) is 38.3 Å². The molecule has 1 aliphatic rings. The Morgan fingerprint density at radius 2 is 2.18 bits per heavy atom. The van der Waals surface area contributed by atoms with E-state index in [1.807, 2.05) is 0 Å². The first-order valence-corrected chi connectivity index (χ1v) is 7.02. The molecule has 0 aliphatic heterocycles. The zero-order valence-electron chi connectivity index (χ0n) is 11.7. The molecular formula is C15H26N2. The summed E-state index contributed by atoms with van der Waals surface area (Å²) >= 11 is 0. The second-order valence-corrected chi connectivity index (χ2v) is 5.68. The van der Waals surface area contributed by atoms with Crippen molar-refractivity contribution in [3.63, 3.8) is 0 Å². The van der Waals surface area contributed by atoms with Crippen molar-refractivity contribution in [2.24, 2.45) is 11.7 Å². The molecule has 3 atom stereocenters. The second-order valence-electron chi connectivity index (χ2n) is 5.68. The van der Waals surface area contributed by atoms with Crippen LogP contribution in [0.25, 0.3) is 0 Å². The van der Waals surface area contributed by atoms with E-state index in [0.29, 0.717) is 6.04 Å². The smallest absolute Gasteiger partial charge is 0.0333 e. The summed E-state index contributed by atoms with van der Waals surface area (Å²) in [6, 6.07) is 3.18. The average Bonchev–Trinajstić information content (AvgIpc) is 2.65. The molecule has 1 heterocycles. The number of aryl methyl sites for hydroxylation is 1. The molecule has 2 nitrogen and oxygen atoms in total. The molecule has 0 bridgehead atoms. The van der Waals surface area contributed by atoms with Crippen molar-refractivity contribution in [3.8, 4) is 0 Å². The fraction of sp³-hybridized carbons (Fsp3) is 0.733. The first-order chi connectivity index (χ1) is 8.06. The summed E-state index contributed by atoms with van der Waals surface area (Å²) in [5.74, 6) is 0.725. The van der Waals surface area contributed by atoms with Crippen molar-refractivity contribution in [3.05, 3.63) is 23.0 Å². The Morgan fingerprint density at radius 1 is 1.47 bits per heavy atom. The van der Waals surface area contributed by atoms with Crippen LogP contribution in [0.5, 0.6) is 0 Å². The number of hydrogen-bond donors (Lipinski definition) is 1. The monoisotopic (exact) mass is 234 g/mol. The summed E-state index contributed by atoms with van der Waals surface area (Å²) in [5.41, 5.74) is 10.5. The Balaban J connectivity index is 2.40. The molecule has 1 aliphatic carbocycles. The summed E-state index contributed by atoms with van der Waals surface area (Å²) in [4.78, 5) is 0. The van der Waals surface area contributed by atoms with E-state index >= 15 is 0 Å². The lowest BCUT2D eigenvalue weighted by molar-refractivity contribution is 0.353.